The summed E-state index contributed by atoms with van der Waals surface area (Å²) < 4.78 is 31.1. The molecule has 1 unspecified atom stereocenters. The highest BCUT2D eigenvalue weighted by Crippen LogP contribution is 2.37. The number of ether oxygens (including phenoxy) is 1. The van der Waals surface area contributed by atoms with Crippen LogP contribution in [-0.2, 0) is 14.8 Å². The Bertz CT molecular complexity index is 731. The highest BCUT2D eigenvalue weighted by atomic mass is 32.2. The van der Waals surface area contributed by atoms with Gasteiger partial charge in [0.15, 0.2) is 6.61 Å². The van der Waals surface area contributed by atoms with Crippen molar-refractivity contribution < 1.29 is 17.9 Å². The molecule has 7 heteroatoms. The zero-order valence-corrected chi connectivity index (χ0v) is 16.5. The molecule has 26 heavy (non-hydrogen) atoms. The number of sulfonamides is 1. The third-order valence-electron chi connectivity index (χ3n) is 5.33. The maximum absolute atomic E-state index is 12.2. The lowest BCUT2D eigenvalue weighted by atomic mass is 10.00. The van der Waals surface area contributed by atoms with Crippen LogP contribution in [0.25, 0.3) is 0 Å². The summed E-state index contributed by atoms with van der Waals surface area (Å²) in [5.74, 6) is 0.979. The zero-order valence-electron chi connectivity index (χ0n) is 15.6. The number of amides is 1. The van der Waals surface area contributed by atoms with E-state index in [0.29, 0.717) is 24.5 Å². The van der Waals surface area contributed by atoms with Crippen LogP contribution in [0.15, 0.2) is 24.3 Å². The van der Waals surface area contributed by atoms with Gasteiger partial charge in [0, 0.05) is 18.1 Å². The van der Waals surface area contributed by atoms with Crippen LogP contribution in [0.1, 0.15) is 51.0 Å². The summed E-state index contributed by atoms with van der Waals surface area (Å²) in [6.07, 6.45) is 4.39. The fraction of sp³-hybridized carbons (Fsp3) is 0.632. The largest absolute Gasteiger partial charge is 0.484 e. The van der Waals surface area contributed by atoms with Crippen LogP contribution in [-0.4, -0.2) is 49.6 Å². The van der Waals surface area contributed by atoms with Crippen molar-refractivity contribution in [2.45, 2.75) is 63.6 Å². The maximum Gasteiger partial charge on any atom is 0.258 e. The minimum absolute atomic E-state index is 0.0125. The first-order chi connectivity index (χ1) is 12.2. The first-order valence-corrected chi connectivity index (χ1v) is 11.1. The van der Waals surface area contributed by atoms with Crippen LogP contribution in [0.2, 0.25) is 0 Å². The van der Waals surface area contributed by atoms with Crippen molar-refractivity contribution in [1.82, 2.24) is 9.62 Å². The van der Waals surface area contributed by atoms with Crippen LogP contribution < -0.4 is 10.1 Å². The van der Waals surface area contributed by atoms with E-state index in [0.717, 1.165) is 12.8 Å². The van der Waals surface area contributed by atoms with Gasteiger partial charge in [-0.2, -0.15) is 4.31 Å². The molecule has 2 heterocycles. The van der Waals surface area contributed by atoms with Crippen molar-refractivity contribution in [2.24, 2.45) is 0 Å². The van der Waals surface area contributed by atoms with E-state index in [2.05, 4.69) is 19.2 Å². The van der Waals surface area contributed by atoms with Gasteiger partial charge in [-0.3, -0.25) is 4.79 Å². The number of nitrogens with one attached hydrogen (secondary N) is 1. The van der Waals surface area contributed by atoms with E-state index < -0.39 is 10.0 Å². The summed E-state index contributed by atoms with van der Waals surface area (Å²) in [7, 11) is -3.17. The molecule has 2 bridgehead atoms. The third kappa shape index (κ3) is 4.38. The smallest absolute Gasteiger partial charge is 0.258 e. The number of carbonyl (C=O) groups excluding carboxylic acids is 1. The van der Waals surface area contributed by atoms with Crippen LogP contribution in [0.3, 0.4) is 0 Å². The predicted octanol–water partition coefficient (Wildman–Crippen LogP) is 2.26. The normalized spacial score (nSPS) is 26.1. The summed E-state index contributed by atoms with van der Waals surface area (Å²) in [6, 6.07) is 7.83. The molecule has 1 aromatic rings. The number of nitrogens with zero attached hydrogens (tertiary/aromatic N) is 1. The fourth-order valence-electron chi connectivity index (χ4n) is 4.16. The van der Waals surface area contributed by atoms with Crippen molar-refractivity contribution in [1.29, 1.82) is 0 Å². The topological polar surface area (TPSA) is 75.7 Å². The van der Waals surface area contributed by atoms with Crippen molar-refractivity contribution in [3.8, 4) is 5.75 Å². The van der Waals surface area contributed by atoms with Crippen molar-refractivity contribution in [2.75, 3.05) is 12.9 Å². The van der Waals surface area contributed by atoms with Crippen molar-refractivity contribution in [3.63, 3.8) is 0 Å². The Morgan fingerprint density at radius 3 is 2.27 bits per heavy atom. The summed E-state index contributed by atoms with van der Waals surface area (Å²) in [5.41, 5.74) is 1.23. The Balaban J connectivity index is 1.49. The second-order valence-corrected chi connectivity index (χ2v) is 9.61. The van der Waals surface area contributed by atoms with Crippen molar-refractivity contribution in [3.05, 3.63) is 29.8 Å². The number of rotatable bonds is 6. The van der Waals surface area contributed by atoms with E-state index in [9.17, 15) is 13.2 Å². The summed E-state index contributed by atoms with van der Waals surface area (Å²) >= 11 is 0. The lowest BCUT2D eigenvalue weighted by Crippen LogP contribution is -2.52. The molecule has 0 aliphatic carbocycles. The predicted molar refractivity (Wildman–Crippen MR) is 101 cm³/mol. The number of piperidine rings is 1. The van der Waals surface area contributed by atoms with Crippen LogP contribution >= 0.6 is 0 Å². The molecule has 2 saturated heterocycles. The van der Waals surface area contributed by atoms with Gasteiger partial charge in [0.05, 0.1) is 6.26 Å². The summed E-state index contributed by atoms with van der Waals surface area (Å²) in [4.78, 5) is 12.2. The van der Waals surface area contributed by atoms with E-state index in [1.54, 1.807) is 4.31 Å². The number of carbonyl (C=O) groups is 1. The Hall–Kier alpha value is -1.60. The average molecular weight is 381 g/mol. The fourth-order valence-corrected chi connectivity index (χ4v) is 5.63. The van der Waals surface area contributed by atoms with Gasteiger partial charge in [-0.15, -0.1) is 0 Å². The van der Waals surface area contributed by atoms with E-state index in [-0.39, 0.29) is 30.6 Å². The minimum Gasteiger partial charge on any atom is -0.484 e. The molecule has 3 rings (SSSR count). The van der Waals surface area contributed by atoms with Gasteiger partial charge < -0.3 is 10.1 Å². The van der Waals surface area contributed by atoms with E-state index in [4.69, 9.17) is 4.74 Å². The minimum atomic E-state index is -3.17. The highest BCUT2D eigenvalue weighted by molar-refractivity contribution is 7.88. The summed E-state index contributed by atoms with van der Waals surface area (Å²) in [6.45, 7) is 4.24. The molecule has 144 valence electrons. The van der Waals surface area contributed by atoms with Crippen molar-refractivity contribution >= 4 is 15.9 Å². The molecule has 0 spiro atoms. The molecule has 1 aromatic carbocycles. The van der Waals surface area contributed by atoms with E-state index >= 15 is 0 Å². The number of hydrogen-bond acceptors (Lipinski definition) is 4. The summed E-state index contributed by atoms with van der Waals surface area (Å²) in [5, 5.41) is 3.01. The molecule has 2 aliphatic heterocycles. The lowest BCUT2D eigenvalue weighted by molar-refractivity contribution is -0.124. The van der Waals surface area contributed by atoms with Crippen LogP contribution in [0.4, 0.5) is 0 Å². The van der Waals surface area contributed by atoms with E-state index in [1.807, 2.05) is 24.3 Å². The average Bonchev–Trinajstić information content (AvgIpc) is 2.86. The van der Waals surface area contributed by atoms with Gasteiger partial charge in [-0.25, -0.2) is 8.42 Å². The quantitative estimate of drug-likeness (QED) is 0.821. The molecule has 0 radical (unpaired) electrons. The van der Waals surface area contributed by atoms with Gasteiger partial charge in [-0.05, 0) is 49.3 Å². The number of fused-ring (bicyclic) bond motifs is 2. The second kappa shape index (κ2) is 7.56. The molecule has 2 fully saturated rings. The second-order valence-electron chi connectivity index (χ2n) is 7.73. The van der Waals surface area contributed by atoms with E-state index in [1.165, 1.54) is 11.8 Å². The molecule has 1 N–H and O–H groups in total. The van der Waals surface area contributed by atoms with Crippen LogP contribution in [0, 0.1) is 0 Å². The van der Waals surface area contributed by atoms with Crippen LogP contribution in [0.5, 0.6) is 5.75 Å². The molecule has 0 saturated carbocycles. The van der Waals surface area contributed by atoms with Gasteiger partial charge in [0.1, 0.15) is 5.75 Å². The first kappa shape index (κ1) is 19.2. The third-order valence-corrected chi connectivity index (χ3v) is 6.69. The molecular formula is C19H28N2O4S. The molecular weight excluding hydrogens is 352 g/mol. The number of benzene rings is 1. The monoisotopic (exact) mass is 380 g/mol. The molecule has 2 aliphatic rings. The molecule has 6 nitrogen and oxygen atoms in total. The molecule has 0 aromatic heterocycles. The van der Waals surface area contributed by atoms with Gasteiger partial charge in [0.2, 0.25) is 10.0 Å². The van der Waals surface area contributed by atoms with Gasteiger partial charge in [-0.1, -0.05) is 26.0 Å². The first-order valence-electron chi connectivity index (χ1n) is 9.24. The number of hydrogen-bond donors (Lipinski definition) is 1. The van der Waals surface area contributed by atoms with Gasteiger partial charge >= 0.3 is 0 Å². The SMILES string of the molecule is CC(C)c1ccc(OCC(=O)NC2C[C@H]3CC[C@@H](C2)N3S(C)(=O)=O)cc1. The van der Waals surface area contributed by atoms with Gasteiger partial charge in [0.25, 0.3) is 5.91 Å². The molecule has 3 atom stereocenters. The Labute approximate surface area is 156 Å². The zero-order chi connectivity index (χ0) is 18.9. The Morgan fingerprint density at radius 1 is 1.19 bits per heavy atom. The highest BCUT2D eigenvalue weighted by Gasteiger charge is 2.45. The maximum atomic E-state index is 12.2. The Kier molecular flexibility index (Phi) is 5.58. The molecule has 1 amide bonds. The lowest BCUT2D eigenvalue weighted by Gasteiger charge is -2.37. The Morgan fingerprint density at radius 2 is 1.77 bits per heavy atom. The standard InChI is InChI=1S/C19H28N2O4S/c1-13(2)14-4-8-18(9-5-14)25-12-19(22)20-15-10-16-6-7-17(11-15)21(16)26(3,23)24/h4-5,8-9,13,15-17H,6-7,10-12H2,1-3H3,(H,20,22)/t15?,16-,17+.